The molecule has 3 heterocycles. The maximum absolute atomic E-state index is 13.8. The normalized spacial score (nSPS) is 19.4. The van der Waals surface area contributed by atoms with Gasteiger partial charge in [0.05, 0.1) is 6.04 Å². The van der Waals surface area contributed by atoms with Gasteiger partial charge in [0.2, 0.25) is 5.91 Å². The summed E-state index contributed by atoms with van der Waals surface area (Å²) in [5.74, 6) is 0.499. The SMILES string of the molecule is C[C@H](C(=O)N1CCC(c2ccc(Cc3ccccc3F)cn2)CC1)N1CCCC1. The third-order valence-corrected chi connectivity index (χ3v) is 6.47. The number of carbonyl (C=O) groups is 1. The smallest absolute Gasteiger partial charge is 0.239 e. The first kappa shape index (κ1) is 20.0. The molecule has 1 amide bonds. The van der Waals surface area contributed by atoms with Gasteiger partial charge in [0.25, 0.3) is 0 Å². The van der Waals surface area contributed by atoms with Gasteiger partial charge in [-0.25, -0.2) is 4.39 Å². The third kappa shape index (κ3) is 4.67. The molecule has 1 atom stereocenters. The Morgan fingerprint density at radius 3 is 2.48 bits per heavy atom. The zero-order chi connectivity index (χ0) is 20.2. The maximum Gasteiger partial charge on any atom is 0.239 e. The summed E-state index contributed by atoms with van der Waals surface area (Å²) >= 11 is 0. The number of likely N-dealkylation sites (tertiary alicyclic amines) is 2. The second-order valence-corrected chi connectivity index (χ2v) is 8.38. The molecule has 0 unspecified atom stereocenters. The lowest BCUT2D eigenvalue weighted by Gasteiger charge is -2.35. The molecule has 0 radical (unpaired) electrons. The highest BCUT2D eigenvalue weighted by Crippen LogP contribution is 2.28. The minimum absolute atomic E-state index is 0.00448. The van der Waals surface area contributed by atoms with E-state index in [9.17, 15) is 9.18 Å². The van der Waals surface area contributed by atoms with Crippen molar-refractivity contribution in [3.63, 3.8) is 0 Å². The Hall–Kier alpha value is -2.27. The van der Waals surface area contributed by atoms with Crippen molar-refractivity contribution in [1.29, 1.82) is 0 Å². The van der Waals surface area contributed by atoms with Crippen molar-refractivity contribution in [2.75, 3.05) is 26.2 Å². The minimum atomic E-state index is -0.170. The molecule has 4 rings (SSSR count). The molecular formula is C24H30FN3O. The fourth-order valence-electron chi connectivity index (χ4n) is 4.59. The number of piperidine rings is 1. The average molecular weight is 396 g/mol. The molecule has 0 aliphatic carbocycles. The largest absolute Gasteiger partial charge is 0.341 e. The van der Waals surface area contributed by atoms with Crippen LogP contribution in [0.15, 0.2) is 42.6 Å². The highest BCUT2D eigenvalue weighted by molar-refractivity contribution is 5.81. The van der Waals surface area contributed by atoms with E-state index in [0.29, 0.717) is 17.9 Å². The first-order chi connectivity index (χ1) is 14.1. The summed E-state index contributed by atoms with van der Waals surface area (Å²) in [4.78, 5) is 21.8. The van der Waals surface area contributed by atoms with Gasteiger partial charge in [-0.1, -0.05) is 24.3 Å². The fourth-order valence-corrected chi connectivity index (χ4v) is 4.59. The van der Waals surface area contributed by atoms with Crippen LogP contribution < -0.4 is 0 Å². The van der Waals surface area contributed by atoms with Crippen molar-refractivity contribution in [1.82, 2.24) is 14.8 Å². The molecule has 5 heteroatoms. The topological polar surface area (TPSA) is 36.4 Å². The zero-order valence-electron chi connectivity index (χ0n) is 17.2. The number of benzene rings is 1. The van der Waals surface area contributed by atoms with Crippen molar-refractivity contribution in [2.45, 2.75) is 51.0 Å². The Morgan fingerprint density at radius 2 is 1.83 bits per heavy atom. The van der Waals surface area contributed by atoms with Gasteiger partial charge in [0, 0.05) is 37.3 Å². The lowest BCUT2D eigenvalue weighted by molar-refractivity contribution is -0.137. The predicted molar refractivity (Wildman–Crippen MR) is 112 cm³/mol. The summed E-state index contributed by atoms with van der Waals surface area (Å²) in [6.07, 6.45) is 6.75. The molecule has 2 aliphatic heterocycles. The van der Waals surface area contributed by atoms with Crippen LogP contribution in [0.5, 0.6) is 0 Å². The minimum Gasteiger partial charge on any atom is -0.341 e. The van der Waals surface area contributed by atoms with Gasteiger partial charge in [-0.2, -0.15) is 0 Å². The van der Waals surface area contributed by atoms with E-state index < -0.39 is 0 Å². The molecule has 29 heavy (non-hydrogen) atoms. The first-order valence-electron chi connectivity index (χ1n) is 10.8. The highest BCUT2D eigenvalue weighted by atomic mass is 19.1. The summed E-state index contributed by atoms with van der Waals surface area (Å²) in [6, 6.07) is 11.0. The third-order valence-electron chi connectivity index (χ3n) is 6.47. The summed E-state index contributed by atoms with van der Waals surface area (Å²) in [5.41, 5.74) is 2.80. The number of nitrogens with zero attached hydrogens (tertiary/aromatic N) is 3. The predicted octanol–water partition coefficient (Wildman–Crippen LogP) is 4.00. The molecule has 0 bridgehead atoms. The van der Waals surface area contributed by atoms with Crippen LogP contribution in [0.4, 0.5) is 4.39 Å². The molecule has 0 spiro atoms. The van der Waals surface area contributed by atoms with Gasteiger partial charge < -0.3 is 4.90 Å². The lowest BCUT2D eigenvalue weighted by Crippen LogP contribution is -2.48. The number of pyridine rings is 1. The van der Waals surface area contributed by atoms with Gasteiger partial charge in [-0.15, -0.1) is 0 Å². The Balaban J connectivity index is 1.31. The van der Waals surface area contributed by atoms with Crippen molar-refractivity contribution >= 4 is 5.91 Å². The lowest BCUT2D eigenvalue weighted by atomic mass is 9.92. The average Bonchev–Trinajstić information content (AvgIpc) is 3.30. The van der Waals surface area contributed by atoms with Crippen LogP contribution in [-0.4, -0.2) is 52.9 Å². The summed E-state index contributed by atoms with van der Waals surface area (Å²) in [5, 5.41) is 0. The second kappa shape index (κ2) is 9.04. The second-order valence-electron chi connectivity index (χ2n) is 8.38. The molecule has 1 aromatic heterocycles. The van der Waals surface area contributed by atoms with Gasteiger partial charge in [0.1, 0.15) is 5.82 Å². The van der Waals surface area contributed by atoms with Gasteiger partial charge in [-0.05, 0) is 69.0 Å². The van der Waals surface area contributed by atoms with Crippen molar-refractivity contribution < 1.29 is 9.18 Å². The zero-order valence-corrected chi connectivity index (χ0v) is 17.2. The quantitative estimate of drug-likeness (QED) is 0.768. The highest BCUT2D eigenvalue weighted by Gasteiger charge is 2.30. The summed E-state index contributed by atoms with van der Waals surface area (Å²) in [7, 11) is 0. The standard InChI is InChI=1S/C24H30FN3O/c1-18(27-12-4-5-13-27)24(29)28-14-10-20(11-15-28)23-9-8-19(17-26-23)16-21-6-2-3-7-22(21)25/h2-3,6-9,17-18,20H,4-5,10-16H2,1H3/t18-/m1/s1. The Labute approximate surface area is 172 Å². The molecule has 0 saturated carbocycles. The van der Waals surface area contributed by atoms with E-state index >= 15 is 0 Å². The number of halogens is 1. The Kier molecular flexibility index (Phi) is 6.24. The van der Waals surface area contributed by atoms with Crippen LogP contribution in [0.3, 0.4) is 0 Å². The van der Waals surface area contributed by atoms with Crippen LogP contribution in [-0.2, 0) is 11.2 Å². The van der Waals surface area contributed by atoms with Crippen LogP contribution in [0.1, 0.15) is 55.3 Å². The van der Waals surface area contributed by atoms with E-state index in [4.69, 9.17) is 0 Å². The molecule has 2 aliphatic rings. The number of amides is 1. The van der Waals surface area contributed by atoms with Crippen LogP contribution in [0.25, 0.3) is 0 Å². The van der Waals surface area contributed by atoms with Crippen LogP contribution in [0, 0.1) is 5.82 Å². The van der Waals surface area contributed by atoms with Crippen LogP contribution in [0.2, 0.25) is 0 Å². The number of carbonyl (C=O) groups excluding carboxylic acids is 1. The van der Waals surface area contributed by atoms with E-state index in [1.165, 1.54) is 18.9 Å². The number of hydrogen-bond donors (Lipinski definition) is 0. The van der Waals surface area contributed by atoms with Crippen molar-refractivity contribution in [3.05, 3.63) is 65.2 Å². The number of hydrogen-bond acceptors (Lipinski definition) is 3. The number of rotatable bonds is 5. The molecule has 2 fully saturated rings. The molecule has 4 nitrogen and oxygen atoms in total. The van der Waals surface area contributed by atoms with E-state index in [0.717, 1.165) is 50.3 Å². The molecule has 2 aromatic rings. The molecule has 154 valence electrons. The Morgan fingerprint density at radius 1 is 1.10 bits per heavy atom. The molecule has 2 saturated heterocycles. The maximum atomic E-state index is 13.8. The van der Waals surface area contributed by atoms with Crippen LogP contribution >= 0.6 is 0 Å². The van der Waals surface area contributed by atoms with E-state index in [1.54, 1.807) is 6.07 Å². The van der Waals surface area contributed by atoms with Gasteiger partial charge in [0.15, 0.2) is 0 Å². The summed E-state index contributed by atoms with van der Waals surface area (Å²) < 4.78 is 13.8. The van der Waals surface area contributed by atoms with E-state index in [2.05, 4.69) is 28.9 Å². The van der Waals surface area contributed by atoms with E-state index in [-0.39, 0.29) is 17.8 Å². The Bertz CT molecular complexity index is 824. The van der Waals surface area contributed by atoms with Gasteiger partial charge in [-0.3, -0.25) is 14.7 Å². The molecule has 1 aromatic carbocycles. The number of aromatic nitrogens is 1. The molecule has 0 N–H and O–H groups in total. The molecular weight excluding hydrogens is 365 g/mol. The van der Waals surface area contributed by atoms with Crippen molar-refractivity contribution in [3.8, 4) is 0 Å². The summed E-state index contributed by atoms with van der Waals surface area (Å²) in [6.45, 7) is 5.76. The fraction of sp³-hybridized carbons (Fsp3) is 0.500. The first-order valence-corrected chi connectivity index (χ1v) is 10.8. The van der Waals surface area contributed by atoms with Crippen molar-refractivity contribution in [2.24, 2.45) is 0 Å². The van der Waals surface area contributed by atoms with E-state index in [1.807, 2.05) is 23.2 Å². The monoisotopic (exact) mass is 395 g/mol. The van der Waals surface area contributed by atoms with Gasteiger partial charge >= 0.3 is 0 Å².